The number of aromatic nitrogens is 4. The summed E-state index contributed by atoms with van der Waals surface area (Å²) < 4.78 is 38.7. The third-order valence-corrected chi connectivity index (χ3v) is 3.82. The summed E-state index contributed by atoms with van der Waals surface area (Å²) in [5.41, 5.74) is -1.01. The van der Waals surface area contributed by atoms with Gasteiger partial charge in [-0.25, -0.2) is 14.5 Å². The van der Waals surface area contributed by atoms with Crippen LogP contribution in [-0.4, -0.2) is 54.4 Å². The van der Waals surface area contributed by atoms with E-state index in [0.29, 0.717) is 25.6 Å². The zero-order chi connectivity index (χ0) is 18.2. The van der Waals surface area contributed by atoms with E-state index < -0.39 is 29.7 Å². The van der Waals surface area contributed by atoms with Gasteiger partial charge in [-0.2, -0.15) is 13.2 Å². The number of carbonyl (C=O) groups is 2. The fraction of sp³-hybridized carbons (Fsp3) is 0.357. The van der Waals surface area contributed by atoms with Gasteiger partial charge in [0.15, 0.2) is 11.5 Å². The van der Waals surface area contributed by atoms with Crippen molar-refractivity contribution >= 4 is 11.9 Å². The van der Waals surface area contributed by atoms with Gasteiger partial charge in [-0.15, -0.1) is 5.10 Å². The lowest BCUT2D eigenvalue weighted by Crippen LogP contribution is -2.40. The van der Waals surface area contributed by atoms with Gasteiger partial charge in [-0.05, 0) is 25.0 Å². The normalized spacial score (nSPS) is 17.7. The number of hydrogen-bond acceptors (Lipinski definition) is 5. The molecule has 0 radical (unpaired) electrons. The van der Waals surface area contributed by atoms with Crippen LogP contribution in [-0.2, 0) is 11.0 Å². The highest BCUT2D eigenvalue weighted by atomic mass is 19.4. The smallest absolute Gasteiger partial charge is 0.417 e. The van der Waals surface area contributed by atoms with Crippen LogP contribution in [0.1, 0.15) is 28.9 Å². The summed E-state index contributed by atoms with van der Waals surface area (Å²) >= 11 is 0. The Morgan fingerprint density at radius 1 is 1.28 bits per heavy atom. The number of carboxylic acid groups (broad SMARTS) is 1. The summed E-state index contributed by atoms with van der Waals surface area (Å²) in [6, 6.07) is 1.02. The molecule has 1 N–H and O–H groups in total. The predicted molar refractivity (Wildman–Crippen MR) is 75.9 cm³/mol. The number of aliphatic carboxylic acids is 1. The maximum absolute atomic E-state index is 12.5. The summed E-state index contributed by atoms with van der Waals surface area (Å²) in [4.78, 5) is 28.4. The van der Waals surface area contributed by atoms with Gasteiger partial charge in [-0.1, -0.05) is 5.21 Å². The predicted octanol–water partition coefficient (Wildman–Crippen LogP) is 1.37. The van der Waals surface area contributed by atoms with E-state index in [0.717, 1.165) is 16.8 Å². The number of rotatable bonds is 3. The zero-order valence-corrected chi connectivity index (χ0v) is 12.6. The number of alkyl halides is 3. The van der Waals surface area contributed by atoms with E-state index in [1.807, 2.05) is 0 Å². The molecular weight excluding hydrogens is 343 g/mol. The highest BCUT2D eigenvalue weighted by molar-refractivity contribution is 5.95. The zero-order valence-electron chi connectivity index (χ0n) is 12.6. The standard InChI is InChI=1S/C14H12F3N5O3/c15-14(16,17)8-3-4-11(18-6-8)22-7-9(19-20-22)12(23)21-5-1-2-10(21)13(24)25/h3-4,6-7,10H,1-2,5H2,(H,24,25)/t10-/m1/s1. The van der Waals surface area contributed by atoms with Gasteiger partial charge in [-0.3, -0.25) is 4.79 Å². The Bertz CT molecular complexity index is 803. The lowest BCUT2D eigenvalue weighted by Gasteiger charge is -2.19. The molecule has 0 spiro atoms. The monoisotopic (exact) mass is 355 g/mol. The summed E-state index contributed by atoms with van der Waals surface area (Å²) in [6.07, 6.45) is -1.72. The molecule has 2 aromatic heterocycles. The lowest BCUT2D eigenvalue weighted by atomic mass is 10.2. The van der Waals surface area contributed by atoms with Gasteiger partial charge in [0.1, 0.15) is 6.04 Å². The molecule has 0 saturated carbocycles. The Morgan fingerprint density at radius 3 is 2.64 bits per heavy atom. The quantitative estimate of drug-likeness (QED) is 0.892. The van der Waals surface area contributed by atoms with Crippen LogP contribution in [0.25, 0.3) is 5.82 Å². The Labute approximate surface area is 138 Å². The molecule has 0 aliphatic carbocycles. The molecule has 0 aromatic carbocycles. The lowest BCUT2D eigenvalue weighted by molar-refractivity contribution is -0.141. The molecule has 3 rings (SSSR count). The minimum Gasteiger partial charge on any atom is -0.480 e. The van der Waals surface area contributed by atoms with Crippen LogP contribution in [0, 0.1) is 0 Å². The Balaban J connectivity index is 1.80. The topological polar surface area (TPSA) is 101 Å². The number of carbonyl (C=O) groups excluding carboxylic acids is 1. The third-order valence-electron chi connectivity index (χ3n) is 3.82. The molecular formula is C14H12F3N5O3. The summed E-state index contributed by atoms with van der Waals surface area (Å²) in [6.45, 7) is 0.293. The maximum Gasteiger partial charge on any atom is 0.417 e. The number of carboxylic acids is 1. The van der Waals surface area contributed by atoms with E-state index in [2.05, 4.69) is 15.3 Å². The molecule has 11 heteroatoms. The van der Waals surface area contributed by atoms with Gasteiger partial charge in [0.05, 0.1) is 11.8 Å². The van der Waals surface area contributed by atoms with E-state index in [-0.39, 0.29) is 11.5 Å². The first kappa shape index (κ1) is 16.9. The average Bonchev–Trinajstić information content (AvgIpc) is 3.23. The second kappa shape index (κ2) is 6.15. The second-order valence-corrected chi connectivity index (χ2v) is 5.45. The molecule has 25 heavy (non-hydrogen) atoms. The van der Waals surface area contributed by atoms with Crippen molar-refractivity contribution in [2.24, 2.45) is 0 Å². The van der Waals surface area contributed by atoms with Crippen LogP contribution < -0.4 is 0 Å². The highest BCUT2D eigenvalue weighted by Crippen LogP contribution is 2.28. The number of pyridine rings is 1. The fourth-order valence-electron chi connectivity index (χ4n) is 2.58. The Morgan fingerprint density at radius 2 is 2.04 bits per heavy atom. The van der Waals surface area contributed by atoms with Gasteiger partial charge in [0.25, 0.3) is 5.91 Å². The van der Waals surface area contributed by atoms with Crippen molar-refractivity contribution in [3.8, 4) is 5.82 Å². The van der Waals surface area contributed by atoms with Crippen LogP contribution in [0.2, 0.25) is 0 Å². The first-order valence-corrected chi connectivity index (χ1v) is 7.27. The van der Waals surface area contributed by atoms with Crippen molar-refractivity contribution in [1.29, 1.82) is 0 Å². The summed E-state index contributed by atoms with van der Waals surface area (Å²) in [7, 11) is 0. The molecule has 1 atom stereocenters. The number of halogens is 3. The minimum atomic E-state index is -4.50. The van der Waals surface area contributed by atoms with Gasteiger partial charge in [0.2, 0.25) is 0 Å². The van der Waals surface area contributed by atoms with Gasteiger partial charge < -0.3 is 10.0 Å². The molecule has 0 unspecified atom stereocenters. The molecule has 0 bridgehead atoms. The van der Waals surface area contributed by atoms with E-state index >= 15 is 0 Å². The number of hydrogen-bond donors (Lipinski definition) is 1. The van der Waals surface area contributed by atoms with Gasteiger partial charge in [0, 0.05) is 12.7 Å². The molecule has 3 heterocycles. The van der Waals surface area contributed by atoms with E-state index in [1.54, 1.807) is 0 Å². The molecule has 1 aliphatic heterocycles. The largest absolute Gasteiger partial charge is 0.480 e. The molecule has 1 fully saturated rings. The van der Waals surface area contributed by atoms with Crippen molar-refractivity contribution in [3.63, 3.8) is 0 Å². The highest BCUT2D eigenvalue weighted by Gasteiger charge is 2.35. The van der Waals surface area contributed by atoms with Crippen LogP contribution in [0.3, 0.4) is 0 Å². The first-order chi connectivity index (χ1) is 11.8. The summed E-state index contributed by atoms with van der Waals surface area (Å²) in [5.74, 6) is -1.64. The number of nitrogens with zero attached hydrogens (tertiary/aromatic N) is 5. The van der Waals surface area contributed by atoms with Crippen molar-refractivity contribution in [2.45, 2.75) is 25.1 Å². The Kier molecular flexibility index (Phi) is 4.15. The van der Waals surface area contributed by atoms with Crippen molar-refractivity contribution < 1.29 is 27.9 Å². The van der Waals surface area contributed by atoms with Crippen LogP contribution in [0.5, 0.6) is 0 Å². The molecule has 1 saturated heterocycles. The molecule has 1 aliphatic rings. The van der Waals surface area contributed by atoms with E-state index in [4.69, 9.17) is 5.11 Å². The number of amides is 1. The van der Waals surface area contributed by atoms with Crippen LogP contribution >= 0.6 is 0 Å². The van der Waals surface area contributed by atoms with Crippen molar-refractivity contribution in [2.75, 3.05) is 6.54 Å². The van der Waals surface area contributed by atoms with Crippen molar-refractivity contribution in [1.82, 2.24) is 24.9 Å². The minimum absolute atomic E-state index is 0.0516. The van der Waals surface area contributed by atoms with E-state index in [9.17, 15) is 22.8 Å². The summed E-state index contributed by atoms with van der Waals surface area (Å²) in [5, 5.41) is 16.5. The van der Waals surface area contributed by atoms with E-state index in [1.165, 1.54) is 11.1 Å². The third kappa shape index (κ3) is 3.30. The molecule has 132 valence electrons. The molecule has 2 aromatic rings. The second-order valence-electron chi connectivity index (χ2n) is 5.45. The van der Waals surface area contributed by atoms with Crippen LogP contribution in [0.4, 0.5) is 13.2 Å². The van der Waals surface area contributed by atoms with Crippen molar-refractivity contribution in [3.05, 3.63) is 35.8 Å². The van der Waals surface area contributed by atoms with Crippen LogP contribution in [0.15, 0.2) is 24.5 Å². The fourth-order valence-corrected chi connectivity index (χ4v) is 2.58. The van der Waals surface area contributed by atoms with Gasteiger partial charge >= 0.3 is 12.1 Å². The molecule has 8 nitrogen and oxygen atoms in total. The maximum atomic E-state index is 12.5. The average molecular weight is 355 g/mol. The molecule has 1 amide bonds. The Hall–Kier alpha value is -2.98. The SMILES string of the molecule is O=C(O)[C@H]1CCCN1C(=O)c1cn(-c2ccc(C(F)(F)F)cn2)nn1. The number of likely N-dealkylation sites (tertiary alicyclic amines) is 1. The first-order valence-electron chi connectivity index (χ1n) is 7.27.